The van der Waals surface area contributed by atoms with E-state index in [9.17, 15) is 4.79 Å². The van der Waals surface area contributed by atoms with Crippen LogP contribution in [0.2, 0.25) is 5.02 Å². The highest BCUT2D eigenvalue weighted by Crippen LogP contribution is 2.40. The average molecular weight is 426 g/mol. The van der Waals surface area contributed by atoms with Gasteiger partial charge in [0.15, 0.2) is 6.73 Å². The molecule has 1 aromatic heterocycles. The second kappa shape index (κ2) is 7.99. The summed E-state index contributed by atoms with van der Waals surface area (Å²) in [5.74, 6) is 0.613. The van der Waals surface area contributed by atoms with Gasteiger partial charge in [-0.25, -0.2) is 4.79 Å². The molecule has 30 heavy (non-hydrogen) atoms. The smallest absolute Gasteiger partial charge is 0.336 e. The van der Waals surface area contributed by atoms with Crippen molar-refractivity contribution in [2.75, 3.05) is 11.6 Å². The van der Waals surface area contributed by atoms with Crippen LogP contribution in [0.3, 0.4) is 0 Å². The topological polar surface area (TPSA) is 42.7 Å². The van der Waals surface area contributed by atoms with E-state index in [-0.39, 0.29) is 11.0 Å². The SMILES string of the molecule is CCCCc1cc(=O)oc2c3c(c(Cl)cc12)OCN(c1ccc(C(C)(C)C)cc1)C3. The molecule has 0 fully saturated rings. The van der Waals surface area contributed by atoms with Crippen LogP contribution < -0.4 is 15.3 Å². The summed E-state index contributed by atoms with van der Waals surface area (Å²) in [5.41, 5.74) is 4.52. The Morgan fingerprint density at radius 3 is 2.53 bits per heavy atom. The number of benzene rings is 2. The second-order valence-corrected chi connectivity index (χ2v) is 9.41. The number of halogens is 1. The minimum atomic E-state index is -0.329. The standard InChI is InChI=1S/C25H28ClNO3/c1-5-6-7-16-12-22(28)30-23-19(16)13-21(26)24-20(23)14-27(15-29-24)18-10-8-17(9-11-18)25(2,3)4/h8-13H,5-7,14-15H2,1-4H3. The molecule has 0 unspecified atom stereocenters. The van der Waals surface area contributed by atoms with Gasteiger partial charge in [0.1, 0.15) is 11.3 Å². The Labute approximate surface area is 182 Å². The van der Waals surface area contributed by atoms with Crippen molar-refractivity contribution in [3.63, 3.8) is 0 Å². The highest BCUT2D eigenvalue weighted by Gasteiger charge is 2.26. The van der Waals surface area contributed by atoms with Crippen molar-refractivity contribution in [3.05, 3.63) is 68.5 Å². The molecule has 0 aliphatic carbocycles. The van der Waals surface area contributed by atoms with Crippen molar-refractivity contribution < 1.29 is 9.15 Å². The van der Waals surface area contributed by atoms with E-state index in [2.05, 4.69) is 56.9 Å². The fraction of sp³-hybridized carbons (Fsp3) is 0.400. The van der Waals surface area contributed by atoms with Crippen LogP contribution in [0, 0.1) is 0 Å². The monoisotopic (exact) mass is 425 g/mol. The van der Waals surface area contributed by atoms with Gasteiger partial charge in [0, 0.05) is 17.1 Å². The van der Waals surface area contributed by atoms with Gasteiger partial charge in [0.2, 0.25) is 0 Å². The van der Waals surface area contributed by atoms with Crippen LogP contribution >= 0.6 is 11.6 Å². The molecule has 0 amide bonds. The maximum atomic E-state index is 12.3. The van der Waals surface area contributed by atoms with E-state index in [4.69, 9.17) is 20.8 Å². The van der Waals surface area contributed by atoms with Gasteiger partial charge in [-0.15, -0.1) is 0 Å². The highest BCUT2D eigenvalue weighted by atomic mass is 35.5. The number of nitrogens with zero attached hydrogens (tertiary/aromatic N) is 1. The molecule has 158 valence electrons. The maximum absolute atomic E-state index is 12.3. The summed E-state index contributed by atoms with van der Waals surface area (Å²) >= 11 is 6.57. The molecule has 0 bridgehead atoms. The number of unbranched alkanes of at least 4 members (excludes halogenated alkanes) is 1. The van der Waals surface area contributed by atoms with Gasteiger partial charge in [-0.2, -0.15) is 0 Å². The van der Waals surface area contributed by atoms with Crippen LogP contribution in [0.15, 0.2) is 45.6 Å². The first-order valence-electron chi connectivity index (χ1n) is 10.5. The van der Waals surface area contributed by atoms with Gasteiger partial charge in [-0.05, 0) is 47.6 Å². The quantitative estimate of drug-likeness (QED) is 0.451. The fourth-order valence-corrected chi connectivity index (χ4v) is 4.24. The molecular formula is C25H28ClNO3. The molecule has 4 rings (SSSR count). The molecule has 0 N–H and O–H groups in total. The van der Waals surface area contributed by atoms with E-state index in [0.717, 1.165) is 41.5 Å². The Morgan fingerprint density at radius 1 is 1.13 bits per heavy atom. The second-order valence-electron chi connectivity index (χ2n) is 9.01. The van der Waals surface area contributed by atoms with E-state index >= 15 is 0 Å². The van der Waals surface area contributed by atoms with E-state index in [1.165, 1.54) is 5.56 Å². The molecule has 1 aliphatic heterocycles. The first kappa shape index (κ1) is 20.8. The van der Waals surface area contributed by atoms with Crippen molar-refractivity contribution in [2.45, 2.75) is 58.9 Å². The minimum absolute atomic E-state index is 0.103. The fourth-order valence-electron chi connectivity index (χ4n) is 3.96. The van der Waals surface area contributed by atoms with E-state index in [0.29, 0.717) is 29.6 Å². The Morgan fingerprint density at radius 2 is 1.87 bits per heavy atom. The predicted molar refractivity (Wildman–Crippen MR) is 123 cm³/mol. The predicted octanol–water partition coefficient (Wildman–Crippen LogP) is 6.44. The normalized spacial score (nSPS) is 14.0. The molecule has 2 aromatic carbocycles. The number of hydrogen-bond donors (Lipinski definition) is 0. The summed E-state index contributed by atoms with van der Waals surface area (Å²) in [6, 6.07) is 12.0. The Kier molecular flexibility index (Phi) is 5.54. The molecule has 1 aliphatic rings. The molecule has 0 radical (unpaired) electrons. The molecule has 0 saturated carbocycles. The van der Waals surface area contributed by atoms with Crippen LogP contribution in [-0.4, -0.2) is 6.73 Å². The third-order valence-electron chi connectivity index (χ3n) is 5.73. The first-order valence-corrected chi connectivity index (χ1v) is 10.9. The summed E-state index contributed by atoms with van der Waals surface area (Å²) < 4.78 is 11.7. The maximum Gasteiger partial charge on any atom is 0.336 e. The lowest BCUT2D eigenvalue weighted by molar-refractivity contribution is 0.289. The summed E-state index contributed by atoms with van der Waals surface area (Å²) in [6.07, 6.45) is 2.89. The zero-order valence-corrected chi connectivity index (χ0v) is 18.8. The zero-order chi connectivity index (χ0) is 21.5. The summed E-state index contributed by atoms with van der Waals surface area (Å²) in [7, 11) is 0. The summed E-state index contributed by atoms with van der Waals surface area (Å²) in [4.78, 5) is 14.4. The van der Waals surface area contributed by atoms with Crippen LogP contribution in [0.4, 0.5) is 5.69 Å². The Bertz CT molecular complexity index is 1130. The molecular weight excluding hydrogens is 398 g/mol. The van der Waals surface area contributed by atoms with Crippen molar-refractivity contribution in [3.8, 4) is 5.75 Å². The van der Waals surface area contributed by atoms with Crippen LogP contribution in [0.5, 0.6) is 5.75 Å². The van der Waals surface area contributed by atoms with Crippen molar-refractivity contribution >= 4 is 28.3 Å². The van der Waals surface area contributed by atoms with Crippen molar-refractivity contribution in [2.24, 2.45) is 0 Å². The third-order valence-corrected chi connectivity index (χ3v) is 6.01. The number of hydrogen-bond acceptors (Lipinski definition) is 4. The van der Waals surface area contributed by atoms with Crippen LogP contribution in [0.1, 0.15) is 57.2 Å². The molecule has 5 heteroatoms. The number of anilines is 1. The molecule has 0 atom stereocenters. The molecule has 3 aromatic rings. The van der Waals surface area contributed by atoms with Gasteiger partial charge in [0.05, 0.1) is 17.1 Å². The lowest BCUT2D eigenvalue weighted by Crippen LogP contribution is -2.32. The van der Waals surface area contributed by atoms with Gasteiger partial charge < -0.3 is 14.1 Å². The highest BCUT2D eigenvalue weighted by molar-refractivity contribution is 6.33. The Hall–Kier alpha value is -2.46. The molecule has 0 spiro atoms. The number of aryl methyl sites for hydroxylation is 1. The summed E-state index contributed by atoms with van der Waals surface area (Å²) in [6.45, 7) is 9.71. The molecule has 2 heterocycles. The van der Waals surface area contributed by atoms with Crippen LogP contribution in [-0.2, 0) is 18.4 Å². The minimum Gasteiger partial charge on any atom is -0.471 e. The van der Waals surface area contributed by atoms with Gasteiger partial charge in [-0.3, -0.25) is 0 Å². The van der Waals surface area contributed by atoms with E-state index in [1.807, 2.05) is 6.07 Å². The lowest BCUT2D eigenvalue weighted by atomic mass is 9.87. The van der Waals surface area contributed by atoms with Gasteiger partial charge in [0.25, 0.3) is 0 Å². The molecule has 0 saturated heterocycles. The van der Waals surface area contributed by atoms with Gasteiger partial charge in [-0.1, -0.05) is 57.8 Å². The Balaban J connectivity index is 1.75. The lowest BCUT2D eigenvalue weighted by Gasteiger charge is -2.32. The van der Waals surface area contributed by atoms with Crippen LogP contribution in [0.25, 0.3) is 11.0 Å². The van der Waals surface area contributed by atoms with E-state index in [1.54, 1.807) is 6.07 Å². The van der Waals surface area contributed by atoms with Crippen molar-refractivity contribution in [1.29, 1.82) is 0 Å². The number of fused-ring (bicyclic) bond motifs is 3. The van der Waals surface area contributed by atoms with E-state index < -0.39 is 0 Å². The molecule has 4 nitrogen and oxygen atoms in total. The number of ether oxygens (including phenoxy) is 1. The average Bonchev–Trinajstić information content (AvgIpc) is 2.72. The first-order chi connectivity index (χ1) is 14.3. The number of rotatable bonds is 4. The summed E-state index contributed by atoms with van der Waals surface area (Å²) in [5, 5.41) is 1.46. The zero-order valence-electron chi connectivity index (χ0n) is 18.0. The third kappa shape index (κ3) is 3.93. The largest absolute Gasteiger partial charge is 0.471 e. The van der Waals surface area contributed by atoms with Crippen molar-refractivity contribution in [1.82, 2.24) is 0 Å². The van der Waals surface area contributed by atoms with Gasteiger partial charge >= 0.3 is 5.63 Å².